The van der Waals surface area contributed by atoms with E-state index >= 15 is 0 Å². The lowest BCUT2D eigenvalue weighted by Crippen LogP contribution is -2.37. The Morgan fingerprint density at radius 1 is 1.04 bits per heavy atom. The van der Waals surface area contributed by atoms with Crippen LogP contribution in [0.25, 0.3) is 0 Å². The van der Waals surface area contributed by atoms with Crippen LogP contribution in [0, 0.1) is 11.8 Å². The van der Waals surface area contributed by atoms with Crippen LogP contribution in [0.15, 0.2) is 58.4 Å². The molecule has 12 nitrogen and oxygen atoms in total. The first-order valence-electron chi connectivity index (χ1n) is 16.0. The monoisotopic (exact) mass is 658 g/mol. The zero-order valence-corrected chi connectivity index (χ0v) is 28.2. The first-order chi connectivity index (χ1) is 22.2. The fourth-order valence-corrected chi connectivity index (χ4v) is 5.85. The molecule has 0 unspecified atom stereocenters. The van der Waals surface area contributed by atoms with Crippen LogP contribution >= 0.6 is 0 Å². The molecule has 2 amide bonds. The molecule has 12 heteroatoms. The Balaban J connectivity index is 2.52. The molecular weight excluding hydrogens is 608 g/mol. The van der Waals surface area contributed by atoms with Gasteiger partial charge in [-0.25, -0.2) is 4.79 Å². The van der Waals surface area contributed by atoms with Gasteiger partial charge in [0.15, 0.2) is 11.9 Å². The summed E-state index contributed by atoms with van der Waals surface area (Å²) in [5.41, 5.74) is 6.74. The molecule has 1 heterocycles. The van der Waals surface area contributed by atoms with Crippen LogP contribution in [0.5, 0.6) is 0 Å². The number of rotatable bonds is 10. The minimum atomic E-state index is -1.01. The molecule has 6 atom stereocenters. The van der Waals surface area contributed by atoms with Crippen molar-refractivity contribution in [1.82, 2.24) is 5.32 Å². The quantitative estimate of drug-likeness (QED) is 0.150. The average molecular weight is 659 g/mol. The van der Waals surface area contributed by atoms with Crippen molar-refractivity contribution in [2.24, 2.45) is 17.6 Å². The molecule has 0 radical (unpaired) electrons. The van der Waals surface area contributed by atoms with Gasteiger partial charge in [-0.1, -0.05) is 51.0 Å². The number of aliphatic hydroxyl groups is 1. The number of aliphatic hydroxyl groups excluding tert-OH is 1. The highest BCUT2D eigenvalue weighted by Crippen LogP contribution is 2.31. The smallest absolute Gasteiger partial charge is 0.405 e. The second-order valence-corrected chi connectivity index (χ2v) is 12.3. The number of ketones is 2. The number of hydrogen-bond donors (Lipinski definition) is 4. The summed E-state index contributed by atoms with van der Waals surface area (Å²) in [4.78, 5) is 62.9. The number of amides is 2. The Morgan fingerprint density at radius 2 is 1.72 bits per heavy atom. The number of nitrogens with two attached hydrogens (primary N) is 1. The van der Waals surface area contributed by atoms with E-state index in [2.05, 4.69) is 5.32 Å². The SMILES string of the molecule is CO[C@H]1/C=C\C=C(/C)C(=O)NC2=CC(=O)C(CCCCCCC(=O)O)=C(C[C@@H](C)C[C@H](OC)[C@@H](O)[C@@H](C)/C=C(\C)[C@@H]1OC(N)=O)C2=O. The molecule has 47 heavy (non-hydrogen) atoms. The summed E-state index contributed by atoms with van der Waals surface area (Å²) in [7, 11) is 2.91. The van der Waals surface area contributed by atoms with Crippen LogP contribution in [0.2, 0.25) is 0 Å². The number of carboxylic acids is 1. The molecule has 2 aliphatic rings. The predicted molar refractivity (Wildman–Crippen MR) is 175 cm³/mol. The maximum absolute atomic E-state index is 13.8. The molecule has 0 spiro atoms. The third kappa shape index (κ3) is 12.0. The molecule has 2 bridgehead atoms. The number of primary amides is 1. The van der Waals surface area contributed by atoms with E-state index in [1.165, 1.54) is 20.3 Å². The molecule has 0 saturated heterocycles. The summed E-state index contributed by atoms with van der Waals surface area (Å²) < 4.78 is 16.6. The van der Waals surface area contributed by atoms with E-state index in [0.29, 0.717) is 55.2 Å². The summed E-state index contributed by atoms with van der Waals surface area (Å²) in [5.74, 6) is -2.91. The summed E-state index contributed by atoms with van der Waals surface area (Å²) in [6.45, 7) is 6.98. The number of aliphatic carboxylic acids is 1. The van der Waals surface area contributed by atoms with Gasteiger partial charge in [-0.15, -0.1) is 0 Å². The maximum Gasteiger partial charge on any atom is 0.405 e. The van der Waals surface area contributed by atoms with Gasteiger partial charge in [0, 0.05) is 49.4 Å². The number of fused-ring (bicyclic) bond motifs is 2. The first kappa shape index (κ1) is 39.3. The number of carbonyl (C=O) groups is 5. The van der Waals surface area contributed by atoms with Crippen molar-refractivity contribution in [1.29, 1.82) is 0 Å². The highest BCUT2D eigenvalue weighted by molar-refractivity contribution is 6.23. The maximum atomic E-state index is 13.8. The Kier molecular flexibility index (Phi) is 16.0. The topological polar surface area (TPSA) is 192 Å². The molecule has 0 aromatic rings. The van der Waals surface area contributed by atoms with Crippen molar-refractivity contribution < 1.29 is 48.4 Å². The molecule has 0 fully saturated rings. The zero-order chi connectivity index (χ0) is 35.3. The van der Waals surface area contributed by atoms with Gasteiger partial charge in [0.25, 0.3) is 5.91 Å². The van der Waals surface area contributed by atoms with Crippen LogP contribution in [0.1, 0.15) is 79.1 Å². The van der Waals surface area contributed by atoms with Gasteiger partial charge >= 0.3 is 12.1 Å². The molecule has 1 aliphatic heterocycles. The molecule has 2 rings (SSSR count). The van der Waals surface area contributed by atoms with E-state index in [-0.39, 0.29) is 35.8 Å². The highest BCUT2D eigenvalue weighted by atomic mass is 16.6. The van der Waals surface area contributed by atoms with Crippen molar-refractivity contribution >= 4 is 29.5 Å². The van der Waals surface area contributed by atoms with Crippen molar-refractivity contribution in [2.45, 2.75) is 103 Å². The van der Waals surface area contributed by atoms with Crippen LogP contribution in [-0.4, -0.2) is 78.4 Å². The fraction of sp³-hybridized carbons (Fsp3) is 0.571. The zero-order valence-electron chi connectivity index (χ0n) is 28.2. The van der Waals surface area contributed by atoms with Crippen molar-refractivity contribution in [3.05, 3.63) is 58.4 Å². The third-order valence-electron chi connectivity index (χ3n) is 8.47. The summed E-state index contributed by atoms with van der Waals surface area (Å²) in [5, 5.41) is 22.8. The number of hydrogen-bond acceptors (Lipinski definition) is 9. The van der Waals surface area contributed by atoms with Gasteiger partial charge < -0.3 is 35.5 Å². The number of carbonyl (C=O) groups excluding carboxylic acids is 4. The van der Waals surface area contributed by atoms with E-state index in [4.69, 9.17) is 25.1 Å². The number of unbranched alkanes of at least 4 members (excludes halogenated alkanes) is 3. The van der Waals surface area contributed by atoms with Crippen LogP contribution in [-0.2, 0) is 33.4 Å². The van der Waals surface area contributed by atoms with Gasteiger partial charge in [-0.3, -0.25) is 19.2 Å². The molecule has 0 saturated carbocycles. The molecule has 0 aromatic carbocycles. The van der Waals surface area contributed by atoms with Gasteiger partial charge in [0.1, 0.15) is 6.10 Å². The van der Waals surface area contributed by atoms with Crippen molar-refractivity contribution in [3.63, 3.8) is 0 Å². The lowest BCUT2D eigenvalue weighted by atomic mass is 9.82. The minimum Gasteiger partial charge on any atom is -0.481 e. The summed E-state index contributed by atoms with van der Waals surface area (Å²) in [6, 6.07) is 0. The van der Waals surface area contributed by atoms with Gasteiger partial charge in [0.05, 0.1) is 17.9 Å². The predicted octanol–water partition coefficient (Wildman–Crippen LogP) is 4.23. The molecule has 260 valence electrons. The van der Waals surface area contributed by atoms with E-state index in [9.17, 15) is 29.1 Å². The van der Waals surface area contributed by atoms with E-state index in [1.807, 2.05) is 6.92 Å². The average Bonchev–Trinajstić information content (AvgIpc) is 3.00. The lowest BCUT2D eigenvalue weighted by molar-refractivity contribution is -0.137. The standard InChI is InChI=1S/C35H50N2O10/c1-20-16-25-24(13-9-7-8-10-15-30(39)40)27(38)19-26(32(25)42)37-34(43)21(2)12-11-14-28(45-5)33(47-35(36)44)23(4)18-22(3)31(41)29(17-20)46-6/h11-12,14,18-20,22,28-29,31,33,41H,7-10,13,15-17H2,1-6H3,(H2,36,44)(H,37,43)(H,39,40)/b14-11-,21-12+,23-18+/t20-,22+,28+,29+,31+,33+/m1/s1. The van der Waals surface area contributed by atoms with Crippen LogP contribution in [0.3, 0.4) is 0 Å². The number of nitrogens with one attached hydrogen (secondary N) is 1. The molecule has 0 aromatic heterocycles. The Morgan fingerprint density at radius 3 is 2.34 bits per heavy atom. The lowest BCUT2D eigenvalue weighted by Gasteiger charge is -2.30. The number of ether oxygens (including phenoxy) is 3. The number of carboxylic acid groups (broad SMARTS) is 1. The number of Topliss-reactive ketones (excluding diaryl/α,β-unsaturated/α-hetero) is 1. The van der Waals surface area contributed by atoms with E-state index in [1.54, 1.807) is 39.0 Å². The summed E-state index contributed by atoms with van der Waals surface area (Å²) >= 11 is 0. The second-order valence-electron chi connectivity index (χ2n) is 12.3. The van der Waals surface area contributed by atoms with Crippen LogP contribution in [0.4, 0.5) is 4.79 Å². The Hall–Kier alpha value is -3.87. The normalized spacial score (nSPS) is 29.6. The largest absolute Gasteiger partial charge is 0.481 e. The van der Waals surface area contributed by atoms with Crippen LogP contribution < -0.4 is 11.1 Å². The molecule has 1 aliphatic carbocycles. The third-order valence-corrected chi connectivity index (χ3v) is 8.47. The van der Waals surface area contributed by atoms with E-state index in [0.717, 1.165) is 6.08 Å². The van der Waals surface area contributed by atoms with Gasteiger partial charge in [-0.05, 0) is 57.4 Å². The van der Waals surface area contributed by atoms with Gasteiger partial charge in [-0.2, -0.15) is 0 Å². The first-order valence-corrected chi connectivity index (χ1v) is 16.0. The Bertz CT molecular complexity index is 1330. The number of allylic oxidation sites excluding steroid dienone is 5. The van der Waals surface area contributed by atoms with Crippen molar-refractivity contribution in [3.8, 4) is 0 Å². The minimum absolute atomic E-state index is 0.0769. The Labute approximate surface area is 276 Å². The summed E-state index contributed by atoms with van der Waals surface area (Å²) in [6.07, 6.45) is 6.68. The van der Waals surface area contributed by atoms with Gasteiger partial charge in [0.2, 0.25) is 5.78 Å². The van der Waals surface area contributed by atoms with Crippen molar-refractivity contribution in [2.75, 3.05) is 14.2 Å². The molecular formula is C35H50N2O10. The second kappa shape index (κ2) is 19.1. The van der Waals surface area contributed by atoms with E-state index < -0.39 is 54.1 Å². The highest BCUT2D eigenvalue weighted by Gasteiger charge is 2.33. The fourth-order valence-electron chi connectivity index (χ4n) is 5.85. The molecule has 5 N–H and O–H groups in total. The number of methoxy groups -OCH3 is 2.